The molecule has 0 aliphatic carbocycles. The molecule has 0 bridgehead atoms. The summed E-state index contributed by atoms with van der Waals surface area (Å²) in [6.45, 7) is 1.63. The normalized spacial score (nSPS) is 14.6. The van der Waals surface area contributed by atoms with E-state index < -0.39 is 29.1 Å². The fourth-order valence-corrected chi connectivity index (χ4v) is 3.74. The number of amides is 3. The van der Waals surface area contributed by atoms with Gasteiger partial charge in [-0.3, -0.25) is 10.1 Å². The van der Waals surface area contributed by atoms with Crippen molar-refractivity contribution >= 4 is 29.8 Å². The van der Waals surface area contributed by atoms with Crippen LogP contribution in [0.1, 0.15) is 29.6 Å². The Morgan fingerprint density at radius 2 is 1.56 bits per heavy atom. The van der Waals surface area contributed by atoms with Gasteiger partial charge in [0.25, 0.3) is 5.91 Å². The van der Waals surface area contributed by atoms with Crippen molar-refractivity contribution < 1.29 is 18.4 Å². The van der Waals surface area contributed by atoms with E-state index in [-0.39, 0.29) is 0 Å². The van der Waals surface area contributed by atoms with Gasteiger partial charge in [-0.15, -0.1) is 0 Å². The van der Waals surface area contributed by atoms with Crippen LogP contribution in [-0.4, -0.2) is 29.3 Å². The van der Waals surface area contributed by atoms with Crippen LogP contribution < -0.4 is 9.62 Å². The van der Waals surface area contributed by atoms with E-state index in [2.05, 4.69) is 5.32 Å². The van der Waals surface area contributed by atoms with E-state index in [0.29, 0.717) is 5.69 Å². The molecule has 0 saturated carbocycles. The zero-order chi connectivity index (χ0) is 19.2. The SMILES string of the molecule is O=C(NC(=O)N(SN1CCCCC1)c1ccccc1)c1c(F)cccc1F. The summed E-state index contributed by atoms with van der Waals surface area (Å²) in [6.07, 6.45) is 3.19. The van der Waals surface area contributed by atoms with Crippen molar-refractivity contribution in [2.24, 2.45) is 0 Å². The van der Waals surface area contributed by atoms with Gasteiger partial charge in [-0.1, -0.05) is 30.7 Å². The van der Waals surface area contributed by atoms with Crippen molar-refractivity contribution in [2.45, 2.75) is 19.3 Å². The second-order valence-electron chi connectivity index (χ2n) is 6.06. The van der Waals surface area contributed by atoms with Gasteiger partial charge in [-0.05, 0) is 37.1 Å². The highest BCUT2D eigenvalue weighted by Crippen LogP contribution is 2.28. The van der Waals surface area contributed by atoms with Gasteiger partial charge in [0.1, 0.15) is 17.2 Å². The first-order valence-corrected chi connectivity index (χ1v) is 9.37. The standard InChI is InChI=1S/C19H19F2N3O2S/c20-15-10-7-11-16(21)17(15)18(25)22-19(26)24(14-8-3-1-4-9-14)27-23-12-5-2-6-13-23/h1,3-4,7-11H,2,5-6,12-13H2,(H,22,25,26). The Labute approximate surface area is 160 Å². The zero-order valence-corrected chi connectivity index (χ0v) is 15.3. The van der Waals surface area contributed by atoms with E-state index in [1.165, 1.54) is 16.4 Å². The Balaban J connectivity index is 1.79. The number of hydrogen-bond donors (Lipinski definition) is 1. The summed E-state index contributed by atoms with van der Waals surface area (Å²) in [6, 6.07) is 11.1. The number of hydrogen-bond acceptors (Lipinski definition) is 4. The molecule has 3 rings (SSSR count). The van der Waals surface area contributed by atoms with Gasteiger partial charge in [-0.2, -0.15) is 0 Å². The fourth-order valence-electron chi connectivity index (χ4n) is 2.75. The minimum absolute atomic E-state index is 0.562. The van der Waals surface area contributed by atoms with E-state index in [4.69, 9.17) is 0 Å². The molecule has 1 N–H and O–H groups in total. The van der Waals surface area contributed by atoms with Crippen LogP contribution in [0.5, 0.6) is 0 Å². The Hall–Kier alpha value is -2.45. The van der Waals surface area contributed by atoms with Gasteiger partial charge in [0, 0.05) is 25.2 Å². The lowest BCUT2D eigenvalue weighted by molar-refractivity contribution is 0.0958. The number of urea groups is 1. The summed E-state index contributed by atoms with van der Waals surface area (Å²) in [5, 5.41) is 2.09. The van der Waals surface area contributed by atoms with E-state index in [1.807, 2.05) is 10.4 Å². The second kappa shape index (κ2) is 8.96. The molecule has 0 unspecified atom stereocenters. The Morgan fingerprint density at radius 3 is 2.19 bits per heavy atom. The third kappa shape index (κ3) is 4.84. The van der Waals surface area contributed by atoms with E-state index in [9.17, 15) is 18.4 Å². The average molecular weight is 391 g/mol. The monoisotopic (exact) mass is 391 g/mol. The number of halogens is 2. The molecule has 27 heavy (non-hydrogen) atoms. The summed E-state index contributed by atoms with van der Waals surface area (Å²) >= 11 is 1.19. The van der Waals surface area contributed by atoms with Crippen LogP contribution in [0.2, 0.25) is 0 Å². The van der Waals surface area contributed by atoms with Crippen molar-refractivity contribution in [1.29, 1.82) is 0 Å². The van der Waals surface area contributed by atoms with E-state index in [1.54, 1.807) is 24.3 Å². The molecule has 0 aromatic heterocycles. The van der Waals surface area contributed by atoms with Gasteiger partial charge in [0.2, 0.25) is 0 Å². The lowest BCUT2D eigenvalue weighted by Gasteiger charge is -2.30. The van der Waals surface area contributed by atoms with Gasteiger partial charge in [0.15, 0.2) is 0 Å². The maximum Gasteiger partial charge on any atom is 0.340 e. The Kier molecular flexibility index (Phi) is 6.41. The number of piperidine rings is 1. The number of nitrogens with zero attached hydrogens (tertiary/aromatic N) is 2. The molecule has 0 radical (unpaired) electrons. The lowest BCUT2D eigenvalue weighted by Crippen LogP contribution is -2.42. The molecule has 0 atom stereocenters. The number of anilines is 1. The maximum absolute atomic E-state index is 13.8. The number of nitrogens with one attached hydrogen (secondary N) is 1. The third-order valence-corrected chi connectivity index (χ3v) is 5.23. The molecule has 2 aromatic rings. The van der Waals surface area contributed by atoms with Gasteiger partial charge in [-0.25, -0.2) is 22.2 Å². The first-order chi connectivity index (χ1) is 13.1. The predicted octanol–water partition coefficient (Wildman–Crippen LogP) is 4.37. The van der Waals surface area contributed by atoms with Crippen LogP contribution in [-0.2, 0) is 0 Å². The number of benzene rings is 2. The first-order valence-electron chi connectivity index (χ1n) is 8.64. The molecular weight excluding hydrogens is 372 g/mol. The molecule has 8 heteroatoms. The molecule has 3 amide bonds. The maximum atomic E-state index is 13.8. The average Bonchev–Trinajstić information content (AvgIpc) is 2.67. The van der Waals surface area contributed by atoms with Crippen molar-refractivity contribution in [2.75, 3.05) is 17.4 Å². The third-order valence-electron chi connectivity index (χ3n) is 4.10. The molecule has 142 valence electrons. The van der Waals surface area contributed by atoms with Crippen LogP contribution in [0.3, 0.4) is 0 Å². The Morgan fingerprint density at radius 1 is 0.926 bits per heavy atom. The van der Waals surface area contributed by atoms with E-state index in [0.717, 1.165) is 50.6 Å². The lowest BCUT2D eigenvalue weighted by atomic mass is 10.2. The molecular formula is C19H19F2N3O2S. The van der Waals surface area contributed by atoms with Crippen molar-refractivity contribution in [3.05, 3.63) is 65.7 Å². The van der Waals surface area contributed by atoms with Crippen LogP contribution in [0.25, 0.3) is 0 Å². The molecule has 2 aromatic carbocycles. The number of para-hydroxylation sites is 1. The number of carbonyl (C=O) groups excluding carboxylic acids is 2. The highest BCUT2D eigenvalue weighted by molar-refractivity contribution is 7.99. The molecule has 1 aliphatic rings. The van der Waals surface area contributed by atoms with Crippen LogP contribution >= 0.6 is 12.1 Å². The van der Waals surface area contributed by atoms with Gasteiger partial charge >= 0.3 is 6.03 Å². The van der Waals surface area contributed by atoms with Crippen molar-refractivity contribution in [3.63, 3.8) is 0 Å². The van der Waals surface area contributed by atoms with Crippen molar-refractivity contribution in [1.82, 2.24) is 9.62 Å². The largest absolute Gasteiger partial charge is 0.340 e. The molecule has 1 fully saturated rings. The zero-order valence-electron chi connectivity index (χ0n) is 14.5. The summed E-state index contributed by atoms with van der Waals surface area (Å²) < 4.78 is 31.0. The summed E-state index contributed by atoms with van der Waals surface area (Å²) in [5.41, 5.74) is -0.214. The number of carbonyl (C=O) groups is 2. The molecule has 5 nitrogen and oxygen atoms in total. The summed E-state index contributed by atoms with van der Waals surface area (Å²) in [5.74, 6) is -3.15. The molecule has 1 aliphatic heterocycles. The quantitative estimate of drug-likeness (QED) is 0.787. The van der Waals surface area contributed by atoms with Crippen LogP contribution in [0.4, 0.5) is 19.3 Å². The summed E-state index contributed by atoms with van der Waals surface area (Å²) in [7, 11) is 0. The fraction of sp³-hybridized carbons (Fsp3) is 0.263. The van der Waals surface area contributed by atoms with Gasteiger partial charge in [0.05, 0.1) is 5.69 Å². The predicted molar refractivity (Wildman–Crippen MR) is 101 cm³/mol. The topological polar surface area (TPSA) is 52.7 Å². The second-order valence-corrected chi connectivity index (χ2v) is 7.10. The summed E-state index contributed by atoms with van der Waals surface area (Å²) in [4.78, 5) is 25.0. The molecule has 1 heterocycles. The molecule has 1 saturated heterocycles. The number of rotatable bonds is 4. The van der Waals surface area contributed by atoms with Gasteiger partial charge < -0.3 is 0 Å². The first kappa shape index (κ1) is 19.3. The Bertz CT molecular complexity index is 794. The minimum Gasteiger partial charge on any atom is -0.273 e. The highest BCUT2D eigenvalue weighted by Gasteiger charge is 2.26. The van der Waals surface area contributed by atoms with Crippen LogP contribution in [0, 0.1) is 11.6 Å². The highest BCUT2D eigenvalue weighted by atomic mass is 32.2. The minimum atomic E-state index is -1.12. The van der Waals surface area contributed by atoms with Crippen LogP contribution in [0.15, 0.2) is 48.5 Å². The van der Waals surface area contributed by atoms with Crippen molar-refractivity contribution in [3.8, 4) is 0 Å². The number of imide groups is 1. The smallest absolute Gasteiger partial charge is 0.273 e. The molecule has 0 spiro atoms. The van der Waals surface area contributed by atoms with E-state index >= 15 is 0 Å².